The number of amides is 1. The minimum Gasteiger partial charge on any atom is -0.388 e. The molecule has 1 unspecified atom stereocenters. The van der Waals surface area contributed by atoms with Crippen LogP contribution in [0.4, 0.5) is 5.82 Å². The number of anilines is 1. The van der Waals surface area contributed by atoms with Gasteiger partial charge in [0.05, 0.1) is 0 Å². The number of thiocarbonyl (C=S) groups is 1. The summed E-state index contributed by atoms with van der Waals surface area (Å²) in [5, 5.41) is 5.73. The highest BCUT2D eigenvalue weighted by atomic mass is 32.1. The molecule has 1 amide bonds. The van der Waals surface area contributed by atoms with Gasteiger partial charge in [-0.05, 0) is 13.3 Å². The summed E-state index contributed by atoms with van der Waals surface area (Å²) in [7, 11) is 0. The maximum Gasteiger partial charge on any atom is 0.242 e. The average Bonchev–Trinajstić information content (AvgIpc) is 2.36. The van der Waals surface area contributed by atoms with E-state index in [9.17, 15) is 4.79 Å². The van der Waals surface area contributed by atoms with E-state index in [1.54, 1.807) is 6.92 Å². The molecular weight excluding hydrogens is 250 g/mol. The molecule has 98 valence electrons. The third kappa shape index (κ3) is 3.92. The van der Waals surface area contributed by atoms with Gasteiger partial charge in [0.2, 0.25) is 5.91 Å². The summed E-state index contributed by atoms with van der Waals surface area (Å²) in [6, 6.07) is -0.429. The summed E-state index contributed by atoms with van der Waals surface area (Å²) in [6.45, 7) is 4.38. The summed E-state index contributed by atoms with van der Waals surface area (Å²) in [5.74, 6) is 0.320. The van der Waals surface area contributed by atoms with Crippen LogP contribution in [-0.4, -0.2) is 33.5 Å². The molecule has 1 aromatic rings. The number of carbonyl (C=O) groups is 1. The standard InChI is InChI=1S/C11H17N5OS/c1-3-4-15-11(17)7(2)16-10-8(9(12)18)13-5-6-14-10/h5-7H,3-4H2,1-2H3,(H2,12,18)(H,14,16)(H,15,17). The predicted molar refractivity (Wildman–Crippen MR) is 74.3 cm³/mol. The lowest BCUT2D eigenvalue weighted by molar-refractivity contribution is -0.121. The van der Waals surface area contributed by atoms with Crippen LogP contribution in [0.3, 0.4) is 0 Å². The highest BCUT2D eigenvalue weighted by Gasteiger charge is 2.15. The molecule has 4 N–H and O–H groups in total. The molecule has 1 aromatic heterocycles. The lowest BCUT2D eigenvalue weighted by Crippen LogP contribution is -2.38. The number of nitrogens with zero attached hydrogens (tertiary/aromatic N) is 2. The molecule has 18 heavy (non-hydrogen) atoms. The van der Waals surface area contributed by atoms with Crippen LogP contribution >= 0.6 is 12.2 Å². The molecule has 0 aliphatic heterocycles. The first-order chi connectivity index (χ1) is 8.56. The highest BCUT2D eigenvalue weighted by Crippen LogP contribution is 2.09. The van der Waals surface area contributed by atoms with Crippen LogP contribution in [0.1, 0.15) is 26.0 Å². The third-order valence-corrected chi connectivity index (χ3v) is 2.42. The Hall–Kier alpha value is -1.76. The van der Waals surface area contributed by atoms with E-state index in [-0.39, 0.29) is 10.9 Å². The topological polar surface area (TPSA) is 92.9 Å². The zero-order valence-corrected chi connectivity index (χ0v) is 11.3. The van der Waals surface area contributed by atoms with Gasteiger partial charge in [0.15, 0.2) is 5.82 Å². The number of nitrogens with two attached hydrogens (primary N) is 1. The predicted octanol–water partition coefficient (Wildman–Crippen LogP) is 0.437. The van der Waals surface area contributed by atoms with Crippen LogP contribution < -0.4 is 16.4 Å². The van der Waals surface area contributed by atoms with Crippen molar-refractivity contribution in [2.45, 2.75) is 26.3 Å². The Balaban J connectivity index is 2.72. The van der Waals surface area contributed by atoms with Gasteiger partial charge >= 0.3 is 0 Å². The van der Waals surface area contributed by atoms with E-state index in [4.69, 9.17) is 18.0 Å². The van der Waals surface area contributed by atoms with Crippen LogP contribution in [0, 0.1) is 0 Å². The Kier molecular flexibility index (Phi) is 5.44. The van der Waals surface area contributed by atoms with Crippen LogP contribution in [-0.2, 0) is 4.79 Å². The fourth-order valence-electron chi connectivity index (χ4n) is 1.30. The van der Waals surface area contributed by atoms with Crippen molar-refractivity contribution in [3.63, 3.8) is 0 Å². The van der Waals surface area contributed by atoms with E-state index in [1.807, 2.05) is 6.92 Å². The van der Waals surface area contributed by atoms with E-state index in [1.165, 1.54) is 12.4 Å². The molecule has 1 rings (SSSR count). The maximum atomic E-state index is 11.7. The third-order valence-electron chi connectivity index (χ3n) is 2.23. The van der Waals surface area contributed by atoms with Crippen molar-refractivity contribution in [2.24, 2.45) is 5.73 Å². The van der Waals surface area contributed by atoms with Crippen LogP contribution in [0.5, 0.6) is 0 Å². The Bertz CT molecular complexity index is 437. The zero-order valence-electron chi connectivity index (χ0n) is 10.4. The van der Waals surface area contributed by atoms with E-state index < -0.39 is 6.04 Å². The molecule has 0 saturated carbocycles. The number of carbonyl (C=O) groups excluding carboxylic acids is 1. The number of hydrogen-bond acceptors (Lipinski definition) is 5. The van der Waals surface area contributed by atoms with Gasteiger partial charge in [0.25, 0.3) is 0 Å². The molecule has 1 atom stereocenters. The summed E-state index contributed by atoms with van der Waals surface area (Å²) in [6.07, 6.45) is 3.91. The molecule has 0 aliphatic carbocycles. The molecule has 0 spiro atoms. The lowest BCUT2D eigenvalue weighted by atomic mass is 10.3. The molecule has 7 heteroatoms. The molecule has 6 nitrogen and oxygen atoms in total. The lowest BCUT2D eigenvalue weighted by Gasteiger charge is -2.15. The fraction of sp³-hybridized carbons (Fsp3) is 0.455. The second-order valence-corrected chi connectivity index (χ2v) is 4.21. The minimum atomic E-state index is -0.429. The molecular formula is C11H17N5OS. The summed E-state index contributed by atoms with van der Waals surface area (Å²) >= 11 is 4.87. The molecule has 0 aliphatic rings. The molecule has 0 saturated heterocycles. The normalized spacial score (nSPS) is 11.7. The van der Waals surface area contributed by atoms with E-state index in [0.717, 1.165) is 6.42 Å². The first-order valence-corrected chi connectivity index (χ1v) is 6.12. The van der Waals surface area contributed by atoms with Gasteiger partial charge in [0, 0.05) is 18.9 Å². The molecule has 0 fully saturated rings. The number of aromatic nitrogens is 2. The Morgan fingerprint density at radius 1 is 1.50 bits per heavy atom. The Labute approximate surface area is 111 Å². The SMILES string of the molecule is CCCNC(=O)C(C)Nc1nccnc1C(N)=S. The molecule has 0 radical (unpaired) electrons. The van der Waals surface area contributed by atoms with Crippen molar-refractivity contribution >= 4 is 28.9 Å². The van der Waals surface area contributed by atoms with Crippen LogP contribution in [0.25, 0.3) is 0 Å². The van der Waals surface area contributed by atoms with Crippen LogP contribution in [0.2, 0.25) is 0 Å². The number of rotatable bonds is 6. The molecule has 1 heterocycles. The van der Waals surface area contributed by atoms with E-state index in [0.29, 0.717) is 18.1 Å². The van der Waals surface area contributed by atoms with Gasteiger partial charge in [-0.1, -0.05) is 19.1 Å². The zero-order chi connectivity index (χ0) is 13.5. The fourth-order valence-corrected chi connectivity index (χ4v) is 1.45. The smallest absolute Gasteiger partial charge is 0.242 e. The first-order valence-electron chi connectivity index (χ1n) is 5.71. The van der Waals surface area contributed by atoms with Crippen LogP contribution in [0.15, 0.2) is 12.4 Å². The maximum absolute atomic E-state index is 11.7. The summed E-state index contributed by atoms with van der Waals surface area (Å²) in [5.41, 5.74) is 5.93. The first kappa shape index (κ1) is 14.3. The second kappa shape index (κ2) is 6.85. The second-order valence-electron chi connectivity index (χ2n) is 3.77. The van der Waals surface area contributed by atoms with Gasteiger partial charge < -0.3 is 16.4 Å². The van der Waals surface area contributed by atoms with Crippen molar-refractivity contribution < 1.29 is 4.79 Å². The van der Waals surface area contributed by atoms with Gasteiger partial charge in [0.1, 0.15) is 16.7 Å². The largest absolute Gasteiger partial charge is 0.388 e. The average molecular weight is 267 g/mol. The minimum absolute atomic E-state index is 0.101. The van der Waals surface area contributed by atoms with Crippen molar-refractivity contribution in [1.82, 2.24) is 15.3 Å². The molecule has 0 bridgehead atoms. The number of nitrogens with one attached hydrogen (secondary N) is 2. The molecule has 0 aromatic carbocycles. The van der Waals surface area contributed by atoms with Crippen molar-refractivity contribution in [3.8, 4) is 0 Å². The number of hydrogen-bond donors (Lipinski definition) is 3. The monoisotopic (exact) mass is 267 g/mol. The van der Waals surface area contributed by atoms with Gasteiger partial charge in [-0.15, -0.1) is 0 Å². The Morgan fingerprint density at radius 3 is 2.78 bits per heavy atom. The van der Waals surface area contributed by atoms with Gasteiger partial charge in [-0.3, -0.25) is 4.79 Å². The van der Waals surface area contributed by atoms with E-state index in [2.05, 4.69) is 20.6 Å². The van der Waals surface area contributed by atoms with Crippen molar-refractivity contribution in [1.29, 1.82) is 0 Å². The summed E-state index contributed by atoms with van der Waals surface area (Å²) in [4.78, 5) is 20.0. The van der Waals surface area contributed by atoms with Gasteiger partial charge in [-0.25, -0.2) is 9.97 Å². The quantitative estimate of drug-likeness (QED) is 0.648. The Morgan fingerprint density at radius 2 is 2.17 bits per heavy atom. The van der Waals surface area contributed by atoms with Crippen molar-refractivity contribution in [2.75, 3.05) is 11.9 Å². The van der Waals surface area contributed by atoms with Crippen molar-refractivity contribution in [3.05, 3.63) is 18.1 Å². The van der Waals surface area contributed by atoms with Gasteiger partial charge in [-0.2, -0.15) is 0 Å². The summed E-state index contributed by atoms with van der Waals surface area (Å²) < 4.78 is 0. The highest BCUT2D eigenvalue weighted by molar-refractivity contribution is 7.80. The van der Waals surface area contributed by atoms with E-state index >= 15 is 0 Å².